The van der Waals surface area contributed by atoms with Gasteiger partial charge in [0.05, 0.1) is 0 Å². The van der Waals surface area contributed by atoms with Crippen molar-refractivity contribution in [3.05, 3.63) is 34.9 Å². The molecule has 0 spiro atoms. The van der Waals surface area contributed by atoms with Gasteiger partial charge in [-0.2, -0.15) is 0 Å². The molecule has 0 aliphatic carbocycles. The van der Waals surface area contributed by atoms with Gasteiger partial charge in [-0.1, -0.05) is 57.0 Å². The van der Waals surface area contributed by atoms with E-state index in [0.29, 0.717) is 11.8 Å². The molecular formula is C17H29N. The summed E-state index contributed by atoms with van der Waals surface area (Å²) < 4.78 is 0. The highest BCUT2D eigenvalue weighted by Crippen LogP contribution is 2.25. The summed E-state index contributed by atoms with van der Waals surface area (Å²) in [6.45, 7) is 15.8. The Hall–Kier alpha value is -0.820. The number of hydrogen-bond acceptors (Lipinski definition) is 1. The Kier molecular flexibility index (Phi) is 5.87. The van der Waals surface area contributed by atoms with Crippen LogP contribution in [0.2, 0.25) is 0 Å². The molecule has 18 heavy (non-hydrogen) atoms. The van der Waals surface area contributed by atoms with Crippen molar-refractivity contribution in [1.82, 2.24) is 5.32 Å². The first-order chi connectivity index (χ1) is 8.40. The van der Waals surface area contributed by atoms with Crippen LogP contribution in [0.3, 0.4) is 0 Å². The molecule has 0 saturated heterocycles. The molecule has 0 amide bonds. The summed E-state index contributed by atoms with van der Waals surface area (Å²) in [7, 11) is 0. The number of aryl methyl sites for hydroxylation is 2. The lowest BCUT2D eigenvalue weighted by atomic mass is 9.87. The molecule has 1 aromatic rings. The van der Waals surface area contributed by atoms with Crippen molar-refractivity contribution in [3.8, 4) is 0 Å². The summed E-state index contributed by atoms with van der Waals surface area (Å²) in [5.74, 6) is 2.02. The quantitative estimate of drug-likeness (QED) is 0.791. The third-order valence-electron chi connectivity index (χ3n) is 3.64. The predicted octanol–water partition coefficient (Wildman–Crippen LogP) is 4.29. The van der Waals surface area contributed by atoms with Crippen molar-refractivity contribution in [3.63, 3.8) is 0 Å². The zero-order valence-corrected chi connectivity index (χ0v) is 12.9. The number of hydrogen-bond donors (Lipinski definition) is 1. The van der Waals surface area contributed by atoms with Crippen molar-refractivity contribution in [1.29, 1.82) is 0 Å². The highest BCUT2D eigenvalue weighted by molar-refractivity contribution is 5.31. The fourth-order valence-corrected chi connectivity index (χ4v) is 2.38. The lowest BCUT2D eigenvalue weighted by Gasteiger charge is -2.22. The molecule has 1 rings (SSSR count). The third-order valence-corrected chi connectivity index (χ3v) is 3.64. The van der Waals surface area contributed by atoms with Gasteiger partial charge in [0.25, 0.3) is 0 Å². The number of rotatable bonds is 6. The van der Waals surface area contributed by atoms with Crippen molar-refractivity contribution < 1.29 is 0 Å². The van der Waals surface area contributed by atoms with Crippen LogP contribution >= 0.6 is 0 Å². The second-order valence-electron chi connectivity index (χ2n) is 6.24. The van der Waals surface area contributed by atoms with E-state index in [1.807, 2.05) is 0 Å². The van der Waals surface area contributed by atoms with Crippen LogP contribution in [0, 0.1) is 25.7 Å². The summed E-state index contributed by atoms with van der Waals surface area (Å²) in [4.78, 5) is 0. The normalized spacial score (nSPS) is 14.8. The van der Waals surface area contributed by atoms with Gasteiger partial charge >= 0.3 is 0 Å². The van der Waals surface area contributed by atoms with E-state index in [9.17, 15) is 0 Å². The highest BCUT2D eigenvalue weighted by atomic mass is 14.9. The van der Waals surface area contributed by atoms with Crippen molar-refractivity contribution in [2.24, 2.45) is 11.8 Å². The standard InChI is InChI=1S/C17H29N/c1-12(2)10-18-11-15(5)16(6)17-8-13(3)7-14(4)9-17/h7-9,12,15-16,18H,10-11H2,1-6H3. The maximum Gasteiger partial charge on any atom is -0.00173 e. The lowest BCUT2D eigenvalue weighted by molar-refractivity contribution is 0.428. The van der Waals surface area contributed by atoms with E-state index < -0.39 is 0 Å². The van der Waals surface area contributed by atoms with Gasteiger partial charge in [-0.25, -0.2) is 0 Å². The SMILES string of the molecule is Cc1cc(C)cc(C(C)C(C)CNCC(C)C)c1. The molecule has 2 atom stereocenters. The second-order valence-corrected chi connectivity index (χ2v) is 6.24. The highest BCUT2D eigenvalue weighted by Gasteiger charge is 2.14. The molecule has 0 fully saturated rings. The Morgan fingerprint density at radius 2 is 1.44 bits per heavy atom. The summed E-state index contributed by atoms with van der Waals surface area (Å²) in [6.07, 6.45) is 0. The molecule has 0 aromatic heterocycles. The van der Waals surface area contributed by atoms with Gasteiger partial charge in [0, 0.05) is 0 Å². The van der Waals surface area contributed by atoms with Crippen LogP contribution < -0.4 is 5.32 Å². The fraction of sp³-hybridized carbons (Fsp3) is 0.647. The van der Waals surface area contributed by atoms with Gasteiger partial charge in [0.1, 0.15) is 0 Å². The van der Waals surface area contributed by atoms with E-state index >= 15 is 0 Å². The van der Waals surface area contributed by atoms with Crippen LogP contribution in [0.25, 0.3) is 0 Å². The Bertz CT molecular complexity index is 348. The van der Waals surface area contributed by atoms with Crippen molar-refractivity contribution >= 4 is 0 Å². The minimum absolute atomic E-state index is 0.614. The van der Waals surface area contributed by atoms with Gasteiger partial charge < -0.3 is 5.32 Å². The van der Waals surface area contributed by atoms with E-state index in [1.165, 1.54) is 16.7 Å². The van der Waals surface area contributed by atoms with Crippen LogP contribution in [0.4, 0.5) is 0 Å². The monoisotopic (exact) mass is 247 g/mol. The smallest absolute Gasteiger partial charge is 0.00173 e. The fourth-order valence-electron chi connectivity index (χ4n) is 2.38. The van der Waals surface area contributed by atoms with Crippen LogP contribution in [-0.2, 0) is 0 Å². The largest absolute Gasteiger partial charge is 0.316 e. The molecular weight excluding hydrogens is 218 g/mol. The molecule has 0 aliphatic rings. The predicted molar refractivity (Wildman–Crippen MR) is 81.2 cm³/mol. The van der Waals surface area contributed by atoms with Crippen LogP contribution in [0.5, 0.6) is 0 Å². The third kappa shape index (κ3) is 4.81. The van der Waals surface area contributed by atoms with Gasteiger partial charge in [0.15, 0.2) is 0 Å². The molecule has 1 nitrogen and oxygen atoms in total. The first kappa shape index (κ1) is 15.2. The van der Waals surface area contributed by atoms with E-state index in [2.05, 4.69) is 65.1 Å². The van der Waals surface area contributed by atoms with E-state index in [1.54, 1.807) is 0 Å². The topological polar surface area (TPSA) is 12.0 Å². The van der Waals surface area contributed by atoms with Crippen molar-refractivity contribution in [2.75, 3.05) is 13.1 Å². The maximum absolute atomic E-state index is 3.56. The van der Waals surface area contributed by atoms with Gasteiger partial charge in [-0.15, -0.1) is 0 Å². The molecule has 0 bridgehead atoms. The molecule has 0 radical (unpaired) electrons. The summed E-state index contributed by atoms with van der Waals surface area (Å²) >= 11 is 0. The molecule has 2 unspecified atom stereocenters. The Morgan fingerprint density at radius 1 is 0.889 bits per heavy atom. The Labute approximate surface area is 113 Å². The first-order valence-electron chi connectivity index (χ1n) is 7.19. The van der Waals surface area contributed by atoms with Crippen LogP contribution in [0.1, 0.15) is 50.3 Å². The Balaban J connectivity index is 2.59. The molecule has 0 aliphatic heterocycles. The number of nitrogens with one attached hydrogen (secondary N) is 1. The van der Waals surface area contributed by atoms with Crippen LogP contribution in [0.15, 0.2) is 18.2 Å². The molecule has 1 N–H and O–H groups in total. The van der Waals surface area contributed by atoms with Gasteiger partial charge in [0.2, 0.25) is 0 Å². The van der Waals surface area contributed by atoms with E-state index in [-0.39, 0.29) is 0 Å². The lowest BCUT2D eigenvalue weighted by Crippen LogP contribution is -2.27. The molecule has 102 valence electrons. The molecule has 0 heterocycles. The zero-order valence-electron chi connectivity index (χ0n) is 12.9. The summed E-state index contributed by atoms with van der Waals surface area (Å²) in [5, 5.41) is 3.56. The number of benzene rings is 1. The second kappa shape index (κ2) is 6.94. The minimum Gasteiger partial charge on any atom is -0.316 e. The summed E-state index contributed by atoms with van der Waals surface area (Å²) in [6, 6.07) is 6.91. The van der Waals surface area contributed by atoms with Crippen LogP contribution in [-0.4, -0.2) is 13.1 Å². The van der Waals surface area contributed by atoms with Crippen molar-refractivity contribution in [2.45, 2.75) is 47.5 Å². The molecule has 1 heteroatoms. The molecule has 1 aromatic carbocycles. The average Bonchev–Trinajstić information content (AvgIpc) is 2.26. The molecule has 0 saturated carbocycles. The van der Waals surface area contributed by atoms with E-state index in [4.69, 9.17) is 0 Å². The van der Waals surface area contributed by atoms with Gasteiger partial charge in [-0.05, 0) is 50.3 Å². The summed E-state index contributed by atoms with van der Waals surface area (Å²) in [5.41, 5.74) is 4.23. The van der Waals surface area contributed by atoms with E-state index in [0.717, 1.165) is 19.0 Å². The Morgan fingerprint density at radius 3 is 1.94 bits per heavy atom. The zero-order chi connectivity index (χ0) is 13.7. The van der Waals surface area contributed by atoms with Gasteiger partial charge in [-0.3, -0.25) is 0 Å². The maximum atomic E-state index is 3.56. The first-order valence-corrected chi connectivity index (χ1v) is 7.19. The average molecular weight is 247 g/mol. The minimum atomic E-state index is 0.614.